The number of nitrogens with zero attached hydrogens (tertiary/aromatic N) is 2. The van der Waals surface area contributed by atoms with Crippen molar-refractivity contribution in [3.8, 4) is 11.5 Å². The maximum Gasteiger partial charge on any atom is 0.211 e. The summed E-state index contributed by atoms with van der Waals surface area (Å²) in [7, 11) is 1.82. The monoisotopic (exact) mass is 512 g/mol. The summed E-state index contributed by atoms with van der Waals surface area (Å²) in [6.45, 7) is 1.89. The summed E-state index contributed by atoms with van der Waals surface area (Å²) in [6, 6.07) is 5.56. The second-order valence-corrected chi connectivity index (χ2v) is 8.24. The van der Waals surface area contributed by atoms with Crippen LogP contribution in [-0.4, -0.2) is 65.8 Å². The van der Waals surface area contributed by atoms with Crippen LogP contribution in [0, 0.1) is 5.92 Å². The van der Waals surface area contributed by atoms with E-state index in [-0.39, 0.29) is 24.0 Å². The predicted molar refractivity (Wildman–Crippen MR) is 119 cm³/mol. The van der Waals surface area contributed by atoms with Gasteiger partial charge in [0.15, 0.2) is 17.5 Å². The molecule has 1 saturated heterocycles. The first-order valence-corrected chi connectivity index (χ1v) is 10.4. The Balaban J connectivity index is 0.00000364. The third-order valence-corrected chi connectivity index (χ3v) is 5.77. The molecule has 1 heterocycles. The largest absolute Gasteiger partial charge is 0.493 e. The van der Waals surface area contributed by atoms with Gasteiger partial charge < -0.3 is 20.1 Å². The average Bonchev–Trinajstić information content (AvgIpc) is 2.64. The van der Waals surface area contributed by atoms with Gasteiger partial charge >= 0.3 is 0 Å². The van der Waals surface area contributed by atoms with Crippen molar-refractivity contribution in [2.45, 2.75) is 12.8 Å². The van der Waals surface area contributed by atoms with Crippen LogP contribution in [-0.2, 0) is 10.0 Å². The standard InChI is InChI=1S/C17H28N4O4S.HI/c1-18-17(20-14-5-6-15(24-2)16(11-14)25-3)19-12-13-7-9-21(10-8-13)26(4,22)23;/h5-6,11,13H,7-10,12H2,1-4H3,(H2,18,19,20);1H. The van der Waals surface area contributed by atoms with Gasteiger partial charge in [-0.3, -0.25) is 4.99 Å². The molecule has 1 aromatic rings. The molecule has 1 aliphatic rings. The molecular weight excluding hydrogens is 483 g/mol. The van der Waals surface area contributed by atoms with Gasteiger partial charge in [0.25, 0.3) is 0 Å². The summed E-state index contributed by atoms with van der Waals surface area (Å²) in [5, 5.41) is 6.53. The Kier molecular flexibility index (Phi) is 9.60. The van der Waals surface area contributed by atoms with Gasteiger partial charge in [0.1, 0.15) is 0 Å². The first-order valence-electron chi connectivity index (χ1n) is 8.52. The second kappa shape index (κ2) is 10.9. The molecule has 0 amide bonds. The number of ether oxygens (including phenoxy) is 2. The molecular formula is C17H29IN4O4S. The average molecular weight is 512 g/mol. The molecule has 0 unspecified atom stereocenters. The van der Waals surface area contributed by atoms with Crippen molar-refractivity contribution in [3.05, 3.63) is 18.2 Å². The van der Waals surface area contributed by atoms with E-state index >= 15 is 0 Å². The second-order valence-electron chi connectivity index (χ2n) is 6.25. The molecule has 0 saturated carbocycles. The highest BCUT2D eigenvalue weighted by Crippen LogP contribution is 2.29. The van der Waals surface area contributed by atoms with Gasteiger partial charge in [0.2, 0.25) is 10.0 Å². The van der Waals surface area contributed by atoms with Crippen molar-refractivity contribution < 1.29 is 17.9 Å². The highest BCUT2D eigenvalue weighted by molar-refractivity contribution is 14.0. The number of rotatable bonds is 6. The van der Waals surface area contributed by atoms with E-state index in [0.717, 1.165) is 25.1 Å². The number of piperidine rings is 1. The lowest BCUT2D eigenvalue weighted by Crippen LogP contribution is -2.42. The summed E-state index contributed by atoms with van der Waals surface area (Å²) >= 11 is 0. The van der Waals surface area contributed by atoms with Gasteiger partial charge in [-0.05, 0) is 30.9 Å². The fraction of sp³-hybridized carbons (Fsp3) is 0.588. The van der Waals surface area contributed by atoms with Crippen LogP contribution in [0.2, 0.25) is 0 Å². The lowest BCUT2D eigenvalue weighted by molar-refractivity contribution is 0.275. The first-order chi connectivity index (χ1) is 12.4. The Labute approximate surface area is 178 Å². The van der Waals surface area contributed by atoms with Crippen molar-refractivity contribution >= 4 is 45.6 Å². The van der Waals surface area contributed by atoms with Crippen LogP contribution in [0.4, 0.5) is 5.69 Å². The van der Waals surface area contributed by atoms with Gasteiger partial charge in [-0.1, -0.05) is 0 Å². The molecule has 0 aromatic heterocycles. The van der Waals surface area contributed by atoms with Gasteiger partial charge in [0.05, 0.1) is 20.5 Å². The zero-order chi connectivity index (χ0) is 19.2. The van der Waals surface area contributed by atoms with Crippen molar-refractivity contribution in [2.75, 3.05) is 52.5 Å². The van der Waals surface area contributed by atoms with Crippen LogP contribution in [0.15, 0.2) is 23.2 Å². The van der Waals surface area contributed by atoms with Crippen LogP contribution in [0.3, 0.4) is 0 Å². The summed E-state index contributed by atoms with van der Waals surface area (Å²) in [5.41, 5.74) is 0.836. The summed E-state index contributed by atoms with van der Waals surface area (Å²) in [4.78, 5) is 4.24. The van der Waals surface area contributed by atoms with Crippen LogP contribution in [0.1, 0.15) is 12.8 Å². The van der Waals surface area contributed by atoms with E-state index in [1.165, 1.54) is 6.26 Å². The lowest BCUT2D eigenvalue weighted by atomic mass is 9.98. The number of hydrogen-bond donors (Lipinski definition) is 2. The zero-order valence-corrected chi connectivity index (χ0v) is 19.3. The van der Waals surface area contributed by atoms with E-state index < -0.39 is 10.0 Å². The third kappa shape index (κ3) is 7.00. The summed E-state index contributed by atoms with van der Waals surface area (Å²) in [6.07, 6.45) is 2.95. The van der Waals surface area contributed by atoms with Crippen molar-refractivity contribution in [1.29, 1.82) is 0 Å². The van der Waals surface area contributed by atoms with E-state index in [1.54, 1.807) is 25.6 Å². The number of nitrogens with one attached hydrogen (secondary N) is 2. The molecule has 8 nitrogen and oxygen atoms in total. The number of hydrogen-bond acceptors (Lipinski definition) is 5. The summed E-state index contributed by atoms with van der Waals surface area (Å²) < 4.78 is 35.2. The minimum Gasteiger partial charge on any atom is -0.493 e. The molecule has 1 aromatic carbocycles. The molecule has 2 rings (SSSR count). The Morgan fingerprint density at radius 1 is 1.22 bits per heavy atom. The third-order valence-electron chi connectivity index (χ3n) is 4.47. The molecule has 1 aliphatic heterocycles. The smallest absolute Gasteiger partial charge is 0.211 e. The van der Waals surface area contributed by atoms with E-state index in [4.69, 9.17) is 9.47 Å². The Hall–Kier alpha value is -1.27. The fourth-order valence-corrected chi connectivity index (χ4v) is 3.79. The van der Waals surface area contributed by atoms with Crippen LogP contribution >= 0.6 is 24.0 Å². The Morgan fingerprint density at radius 3 is 2.37 bits per heavy atom. The normalized spacial score (nSPS) is 16.4. The van der Waals surface area contributed by atoms with E-state index in [2.05, 4.69) is 15.6 Å². The molecule has 0 atom stereocenters. The quantitative estimate of drug-likeness (QED) is 0.344. The van der Waals surface area contributed by atoms with E-state index in [1.807, 2.05) is 18.2 Å². The van der Waals surface area contributed by atoms with Gasteiger partial charge in [-0.25, -0.2) is 12.7 Å². The number of aliphatic imine (C=N–C) groups is 1. The number of sulfonamides is 1. The van der Waals surface area contributed by atoms with Crippen molar-refractivity contribution in [3.63, 3.8) is 0 Å². The number of methoxy groups -OCH3 is 2. The highest BCUT2D eigenvalue weighted by atomic mass is 127. The molecule has 10 heteroatoms. The number of guanidine groups is 1. The molecule has 0 spiro atoms. The molecule has 1 fully saturated rings. The molecule has 0 bridgehead atoms. The molecule has 2 N–H and O–H groups in total. The van der Waals surface area contributed by atoms with Gasteiger partial charge in [-0.15, -0.1) is 24.0 Å². The minimum atomic E-state index is -3.08. The van der Waals surface area contributed by atoms with Gasteiger partial charge in [0, 0.05) is 38.4 Å². The number of halogens is 1. The zero-order valence-electron chi connectivity index (χ0n) is 16.2. The SMILES string of the molecule is CN=C(NCC1CCN(S(C)(=O)=O)CC1)Nc1ccc(OC)c(OC)c1.I. The van der Waals surface area contributed by atoms with Crippen molar-refractivity contribution in [2.24, 2.45) is 10.9 Å². The van der Waals surface area contributed by atoms with Gasteiger partial charge in [-0.2, -0.15) is 0 Å². The summed E-state index contributed by atoms with van der Waals surface area (Å²) in [5.74, 6) is 2.37. The molecule has 154 valence electrons. The first kappa shape index (κ1) is 23.8. The number of benzene rings is 1. The predicted octanol–water partition coefficient (Wildman–Crippen LogP) is 1.98. The van der Waals surface area contributed by atoms with E-state index in [0.29, 0.717) is 36.5 Å². The van der Waals surface area contributed by atoms with E-state index in [9.17, 15) is 8.42 Å². The number of anilines is 1. The fourth-order valence-electron chi connectivity index (χ4n) is 2.92. The van der Waals surface area contributed by atoms with Crippen LogP contribution in [0.5, 0.6) is 11.5 Å². The maximum absolute atomic E-state index is 11.6. The van der Waals surface area contributed by atoms with Crippen LogP contribution in [0.25, 0.3) is 0 Å². The Morgan fingerprint density at radius 2 is 1.85 bits per heavy atom. The molecule has 0 radical (unpaired) electrons. The minimum absolute atomic E-state index is 0. The maximum atomic E-state index is 11.6. The highest BCUT2D eigenvalue weighted by Gasteiger charge is 2.24. The molecule has 27 heavy (non-hydrogen) atoms. The van der Waals surface area contributed by atoms with Crippen molar-refractivity contribution in [1.82, 2.24) is 9.62 Å². The van der Waals surface area contributed by atoms with Crippen LogP contribution < -0.4 is 20.1 Å². The Bertz CT molecular complexity index is 734. The molecule has 0 aliphatic carbocycles. The topological polar surface area (TPSA) is 92.3 Å². The lowest BCUT2D eigenvalue weighted by Gasteiger charge is -2.30.